The third-order valence-corrected chi connectivity index (χ3v) is 6.89. The molecule has 0 radical (unpaired) electrons. The Morgan fingerprint density at radius 1 is 0.912 bits per heavy atom. The van der Waals surface area contributed by atoms with E-state index in [9.17, 15) is 26.4 Å². The fraction of sp³-hybridized carbons (Fsp3) is 0.240. The molecule has 3 aromatic rings. The molecule has 3 rings (SSSR count). The molecule has 5 nitrogen and oxygen atoms in total. The molecule has 9 heteroatoms. The van der Waals surface area contributed by atoms with Crippen LogP contribution in [0.4, 0.5) is 13.2 Å². The summed E-state index contributed by atoms with van der Waals surface area (Å²) in [6.07, 6.45) is -4.67. The van der Waals surface area contributed by atoms with Crippen molar-refractivity contribution in [2.24, 2.45) is 0 Å². The number of aryl methyl sites for hydroxylation is 1. The summed E-state index contributed by atoms with van der Waals surface area (Å²) in [5, 5.41) is 0. The lowest BCUT2D eigenvalue weighted by Gasteiger charge is -2.23. The zero-order valence-corrected chi connectivity index (χ0v) is 19.5. The normalized spacial score (nSPS) is 12.1. The molecule has 0 amide bonds. The summed E-state index contributed by atoms with van der Waals surface area (Å²) >= 11 is 0. The molecule has 0 aliphatic carbocycles. The largest absolute Gasteiger partial charge is 0.462 e. The third-order valence-electron chi connectivity index (χ3n) is 5.10. The highest BCUT2D eigenvalue weighted by atomic mass is 32.2. The smallest absolute Gasteiger partial charge is 0.416 e. The molecule has 0 saturated heterocycles. The van der Waals surface area contributed by atoms with Crippen molar-refractivity contribution in [3.05, 3.63) is 101 Å². The van der Waals surface area contributed by atoms with Gasteiger partial charge in [-0.05, 0) is 55.3 Å². The van der Waals surface area contributed by atoms with Crippen LogP contribution in [-0.2, 0) is 34.0 Å². The van der Waals surface area contributed by atoms with Gasteiger partial charge in [0.1, 0.15) is 0 Å². The number of hydrogen-bond donors (Lipinski definition) is 0. The van der Waals surface area contributed by atoms with Crippen molar-refractivity contribution in [1.29, 1.82) is 0 Å². The van der Waals surface area contributed by atoms with Gasteiger partial charge in [-0.1, -0.05) is 48.0 Å². The van der Waals surface area contributed by atoms with Gasteiger partial charge in [0.25, 0.3) is 0 Å². The highest BCUT2D eigenvalue weighted by Gasteiger charge is 2.33. The Balaban J connectivity index is 1.96. The first-order valence-corrected chi connectivity index (χ1v) is 11.9. The predicted molar refractivity (Wildman–Crippen MR) is 121 cm³/mol. The minimum atomic E-state index is -4.67. The Kier molecular flexibility index (Phi) is 7.78. The van der Waals surface area contributed by atoms with E-state index in [1.165, 1.54) is 12.1 Å². The van der Waals surface area contributed by atoms with Gasteiger partial charge in [0.2, 0.25) is 10.0 Å². The molecular formula is C25H24F3NO4S. The van der Waals surface area contributed by atoms with Crippen molar-refractivity contribution >= 4 is 16.0 Å². The summed E-state index contributed by atoms with van der Waals surface area (Å²) in [7, 11) is -4.28. The lowest BCUT2D eigenvalue weighted by atomic mass is 10.1. The number of halogens is 3. The van der Waals surface area contributed by atoms with Crippen LogP contribution in [0.2, 0.25) is 0 Å². The average molecular weight is 492 g/mol. The SMILES string of the molecule is CCOC(=O)c1ccc(CN(Cc2ccc(C)cc2)S(=O)(=O)c2cccc(C(F)(F)F)c2)cc1. The van der Waals surface area contributed by atoms with Crippen LogP contribution in [-0.4, -0.2) is 25.3 Å². The van der Waals surface area contributed by atoms with E-state index in [4.69, 9.17) is 4.74 Å². The molecule has 0 heterocycles. The van der Waals surface area contributed by atoms with E-state index in [0.29, 0.717) is 22.8 Å². The van der Waals surface area contributed by atoms with E-state index in [2.05, 4.69) is 0 Å². The molecule has 3 aromatic carbocycles. The summed E-state index contributed by atoms with van der Waals surface area (Å²) in [5.74, 6) is -0.498. The highest BCUT2D eigenvalue weighted by molar-refractivity contribution is 7.89. The maximum absolute atomic E-state index is 13.4. The standard InChI is InChI=1S/C25H24F3NO4S/c1-3-33-24(30)21-13-11-20(12-14-21)17-29(16-19-9-7-18(2)8-10-19)34(31,32)23-6-4-5-22(15-23)25(26,27)28/h4-15H,3,16-17H2,1-2H3. The molecule has 0 atom stereocenters. The van der Waals surface area contributed by atoms with E-state index in [1.54, 1.807) is 31.2 Å². The Hall–Kier alpha value is -3.17. The number of alkyl halides is 3. The molecule has 0 aliphatic rings. The predicted octanol–water partition coefficient (Wildman–Crippen LogP) is 5.58. The number of ether oxygens (including phenoxy) is 1. The Morgan fingerprint density at radius 3 is 2.00 bits per heavy atom. The fourth-order valence-corrected chi connectivity index (χ4v) is 4.73. The molecule has 0 N–H and O–H groups in total. The molecule has 0 bridgehead atoms. The molecule has 0 aliphatic heterocycles. The van der Waals surface area contributed by atoms with Gasteiger partial charge in [0.05, 0.1) is 22.6 Å². The van der Waals surface area contributed by atoms with Crippen molar-refractivity contribution in [1.82, 2.24) is 4.31 Å². The molecular weight excluding hydrogens is 467 g/mol. The second kappa shape index (κ2) is 10.4. The van der Waals surface area contributed by atoms with Gasteiger partial charge in [0, 0.05) is 13.1 Å². The van der Waals surface area contributed by atoms with Gasteiger partial charge in [0.15, 0.2) is 0 Å². The second-order valence-electron chi connectivity index (χ2n) is 7.70. The van der Waals surface area contributed by atoms with Crippen molar-refractivity contribution in [3.8, 4) is 0 Å². The van der Waals surface area contributed by atoms with Gasteiger partial charge < -0.3 is 4.74 Å². The Morgan fingerprint density at radius 2 is 1.47 bits per heavy atom. The minimum absolute atomic E-state index is 0.0432. The van der Waals surface area contributed by atoms with Gasteiger partial charge >= 0.3 is 12.1 Å². The fourth-order valence-electron chi connectivity index (χ4n) is 3.27. The molecule has 0 unspecified atom stereocenters. The van der Waals surface area contributed by atoms with Crippen LogP contribution < -0.4 is 0 Å². The Labute approximate surface area is 196 Å². The maximum Gasteiger partial charge on any atom is 0.416 e. The monoisotopic (exact) mass is 491 g/mol. The summed E-state index contributed by atoms with van der Waals surface area (Å²) in [6, 6.07) is 17.1. The van der Waals surface area contributed by atoms with E-state index >= 15 is 0 Å². The minimum Gasteiger partial charge on any atom is -0.462 e. The van der Waals surface area contributed by atoms with Gasteiger partial charge in [-0.3, -0.25) is 0 Å². The average Bonchev–Trinajstić information content (AvgIpc) is 2.80. The maximum atomic E-state index is 13.4. The van der Waals surface area contributed by atoms with Crippen LogP contribution in [0.15, 0.2) is 77.7 Å². The molecule has 0 saturated carbocycles. The topological polar surface area (TPSA) is 63.7 Å². The quantitative estimate of drug-likeness (QED) is 0.386. The Bertz CT molecular complexity index is 1240. The van der Waals surface area contributed by atoms with Gasteiger partial charge in [-0.2, -0.15) is 17.5 Å². The van der Waals surface area contributed by atoms with Crippen LogP contribution >= 0.6 is 0 Å². The number of esters is 1. The van der Waals surface area contributed by atoms with Gasteiger partial charge in [-0.15, -0.1) is 0 Å². The van der Waals surface area contributed by atoms with Crippen molar-refractivity contribution in [2.75, 3.05) is 6.61 Å². The number of hydrogen-bond acceptors (Lipinski definition) is 4. The van der Waals surface area contributed by atoms with Crippen molar-refractivity contribution < 1.29 is 31.1 Å². The zero-order valence-electron chi connectivity index (χ0n) is 18.7. The van der Waals surface area contributed by atoms with Crippen molar-refractivity contribution in [2.45, 2.75) is 38.0 Å². The number of carbonyl (C=O) groups excluding carboxylic acids is 1. The van der Waals surface area contributed by atoms with E-state index in [-0.39, 0.29) is 19.7 Å². The molecule has 0 fully saturated rings. The number of carbonyl (C=O) groups is 1. The van der Waals surface area contributed by atoms with Crippen LogP contribution in [0.25, 0.3) is 0 Å². The molecule has 180 valence electrons. The van der Waals surface area contributed by atoms with Crippen LogP contribution in [0.3, 0.4) is 0 Å². The lowest BCUT2D eigenvalue weighted by molar-refractivity contribution is -0.137. The summed E-state index contributed by atoms with van der Waals surface area (Å²) < 4.78 is 72.5. The van der Waals surface area contributed by atoms with Crippen LogP contribution in [0.1, 0.15) is 39.5 Å². The number of sulfonamides is 1. The first-order chi connectivity index (χ1) is 16.0. The summed E-state index contributed by atoms with van der Waals surface area (Å²) in [6.45, 7) is 3.66. The zero-order chi connectivity index (χ0) is 24.9. The van der Waals surface area contributed by atoms with E-state index in [0.717, 1.165) is 28.1 Å². The molecule has 0 aromatic heterocycles. The number of nitrogens with zero attached hydrogens (tertiary/aromatic N) is 1. The van der Waals surface area contributed by atoms with Crippen LogP contribution in [0.5, 0.6) is 0 Å². The van der Waals surface area contributed by atoms with E-state index in [1.807, 2.05) is 19.1 Å². The first kappa shape index (κ1) is 25.5. The second-order valence-corrected chi connectivity index (χ2v) is 9.64. The number of rotatable bonds is 8. The molecule has 34 heavy (non-hydrogen) atoms. The highest BCUT2D eigenvalue weighted by Crippen LogP contribution is 2.31. The summed E-state index contributed by atoms with van der Waals surface area (Å²) in [5.41, 5.74) is 1.52. The lowest BCUT2D eigenvalue weighted by Crippen LogP contribution is -2.30. The molecule has 0 spiro atoms. The summed E-state index contributed by atoms with van der Waals surface area (Å²) in [4.78, 5) is 11.4. The van der Waals surface area contributed by atoms with Gasteiger partial charge in [-0.25, -0.2) is 13.2 Å². The van der Waals surface area contributed by atoms with Crippen molar-refractivity contribution in [3.63, 3.8) is 0 Å². The first-order valence-electron chi connectivity index (χ1n) is 10.5. The number of benzene rings is 3. The van der Waals surface area contributed by atoms with E-state index < -0.39 is 32.6 Å². The third kappa shape index (κ3) is 6.24. The van der Waals surface area contributed by atoms with Crippen LogP contribution in [0, 0.1) is 6.92 Å².